The van der Waals surface area contributed by atoms with Crippen molar-refractivity contribution in [1.29, 1.82) is 0 Å². The van der Waals surface area contributed by atoms with E-state index in [2.05, 4.69) is 38.3 Å². The molecule has 0 radical (unpaired) electrons. The van der Waals surface area contributed by atoms with E-state index in [-0.39, 0.29) is 5.82 Å². The van der Waals surface area contributed by atoms with E-state index in [0.29, 0.717) is 6.54 Å². The van der Waals surface area contributed by atoms with Crippen molar-refractivity contribution in [2.24, 2.45) is 0 Å². The van der Waals surface area contributed by atoms with Crippen molar-refractivity contribution in [2.75, 3.05) is 14.1 Å². The van der Waals surface area contributed by atoms with Crippen LogP contribution in [-0.2, 0) is 19.6 Å². The predicted molar refractivity (Wildman–Crippen MR) is 88.5 cm³/mol. The quantitative estimate of drug-likeness (QED) is 0.848. The van der Waals surface area contributed by atoms with Crippen LogP contribution in [0, 0.1) is 5.82 Å². The molecule has 0 amide bonds. The van der Waals surface area contributed by atoms with Crippen LogP contribution < -0.4 is 5.32 Å². The molecule has 0 spiro atoms. The SMILES string of the molecule is CNCc1ccc(F)c(CN(C)Cc2ccc(Br)cc2)c1. The van der Waals surface area contributed by atoms with Crippen LogP contribution in [0.1, 0.15) is 16.7 Å². The monoisotopic (exact) mass is 350 g/mol. The zero-order valence-electron chi connectivity index (χ0n) is 12.4. The Balaban J connectivity index is 2.03. The molecular formula is C17H20BrFN2. The van der Waals surface area contributed by atoms with Crippen molar-refractivity contribution in [3.63, 3.8) is 0 Å². The van der Waals surface area contributed by atoms with Crippen LogP contribution in [0.2, 0.25) is 0 Å². The highest BCUT2D eigenvalue weighted by molar-refractivity contribution is 9.10. The average molecular weight is 351 g/mol. The molecule has 0 aliphatic rings. The maximum absolute atomic E-state index is 13.9. The molecule has 21 heavy (non-hydrogen) atoms. The van der Waals surface area contributed by atoms with Gasteiger partial charge < -0.3 is 5.32 Å². The Labute approximate surface area is 134 Å². The van der Waals surface area contributed by atoms with E-state index < -0.39 is 0 Å². The molecular weight excluding hydrogens is 331 g/mol. The summed E-state index contributed by atoms with van der Waals surface area (Å²) in [4.78, 5) is 2.12. The molecule has 0 unspecified atom stereocenters. The van der Waals surface area contributed by atoms with Crippen LogP contribution in [0.3, 0.4) is 0 Å². The van der Waals surface area contributed by atoms with Crippen molar-refractivity contribution in [3.8, 4) is 0 Å². The van der Waals surface area contributed by atoms with E-state index in [1.807, 2.05) is 38.4 Å². The zero-order chi connectivity index (χ0) is 15.2. The van der Waals surface area contributed by atoms with Crippen molar-refractivity contribution in [3.05, 3.63) is 69.4 Å². The number of benzene rings is 2. The lowest BCUT2D eigenvalue weighted by molar-refractivity contribution is 0.313. The summed E-state index contributed by atoms with van der Waals surface area (Å²) in [6.45, 7) is 2.14. The van der Waals surface area contributed by atoms with Gasteiger partial charge in [-0.3, -0.25) is 4.90 Å². The summed E-state index contributed by atoms with van der Waals surface area (Å²) >= 11 is 3.43. The summed E-state index contributed by atoms with van der Waals surface area (Å²) in [6, 6.07) is 13.5. The standard InChI is InChI=1S/C17H20BrFN2/c1-20-10-14-5-8-17(19)15(9-14)12-21(2)11-13-3-6-16(18)7-4-13/h3-9,20H,10-12H2,1-2H3. The summed E-state index contributed by atoms with van der Waals surface area (Å²) in [5.74, 6) is -0.141. The van der Waals surface area contributed by atoms with Gasteiger partial charge in [0.25, 0.3) is 0 Å². The Bertz CT molecular complexity index is 584. The third-order valence-corrected chi connectivity index (χ3v) is 3.83. The smallest absolute Gasteiger partial charge is 0.127 e. The topological polar surface area (TPSA) is 15.3 Å². The van der Waals surface area contributed by atoms with E-state index in [1.54, 1.807) is 6.07 Å². The Morgan fingerprint density at radius 1 is 1.05 bits per heavy atom. The molecule has 112 valence electrons. The van der Waals surface area contributed by atoms with E-state index in [1.165, 1.54) is 5.56 Å². The van der Waals surface area contributed by atoms with Crippen molar-refractivity contribution < 1.29 is 4.39 Å². The van der Waals surface area contributed by atoms with Gasteiger partial charge in [0.15, 0.2) is 0 Å². The van der Waals surface area contributed by atoms with Gasteiger partial charge in [0.05, 0.1) is 0 Å². The van der Waals surface area contributed by atoms with Gasteiger partial charge in [-0.1, -0.05) is 40.2 Å². The van der Waals surface area contributed by atoms with Gasteiger partial charge in [-0.25, -0.2) is 4.39 Å². The Morgan fingerprint density at radius 2 is 1.71 bits per heavy atom. The molecule has 1 N–H and O–H groups in total. The van der Waals surface area contributed by atoms with Gasteiger partial charge >= 0.3 is 0 Å². The fourth-order valence-electron chi connectivity index (χ4n) is 2.31. The molecule has 0 fully saturated rings. The first-order chi connectivity index (χ1) is 10.1. The third kappa shape index (κ3) is 4.92. The summed E-state index contributed by atoms with van der Waals surface area (Å²) in [7, 11) is 3.90. The molecule has 0 aromatic heterocycles. The zero-order valence-corrected chi connectivity index (χ0v) is 14.0. The Kier molecular flexibility index (Phi) is 5.91. The van der Waals surface area contributed by atoms with E-state index in [4.69, 9.17) is 0 Å². The third-order valence-electron chi connectivity index (χ3n) is 3.30. The number of nitrogens with one attached hydrogen (secondary N) is 1. The van der Waals surface area contributed by atoms with Crippen molar-refractivity contribution in [1.82, 2.24) is 10.2 Å². The molecule has 2 nitrogen and oxygen atoms in total. The van der Waals surface area contributed by atoms with Gasteiger partial charge in [0.2, 0.25) is 0 Å². The fraction of sp³-hybridized carbons (Fsp3) is 0.294. The minimum absolute atomic E-state index is 0.141. The second-order valence-corrected chi connectivity index (χ2v) is 6.17. The lowest BCUT2D eigenvalue weighted by Crippen LogP contribution is -2.18. The van der Waals surface area contributed by atoms with Gasteiger partial charge in [-0.05, 0) is 43.4 Å². The van der Waals surface area contributed by atoms with E-state index in [0.717, 1.165) is 28.7 Å². The molecule has 0 aliphatic carbocycles. The summed E-state index contributed by atoms with van der Waals surface area (Å²) in [5, 5.41) is 3.09. The lowest BCUT2D eigenvalue weighted by atomic mass is 10.1. The highest BCUT2D eigenvalue weighted by atomic mass is 79.9. The number of nitrogens with zero attached hydrogens (tertiary/aromatic N) is 1. The van der Waals surface area contributed by atoms with Crippen LogP contribution in [0.4, 0.5) is 4.39 Å². The highest BCUT2D eigenvalue weighted by Crippen LogP contribution is 2.16. The van der Waals surface area contributed by atoms with Gasteiger partial charge in [-0.15, -0.1) is 0 Å². The largest absolute Gasteiger partial charge is 0.316 e. The Hall–Kier alpha value is -1.23. The van der Waals surface area contributed by atoms with E-state index in [9.17, 15) is 4.39 Å². The molecule has 0 aliphatic heterocycles. The predicted octanol–water partition coefficient (Wildman–Crippen LogP) is 3.94. The molecule has 0 saturated carbocycles. The first-order valence-corrected chi connectivity index (χ1v) is 7.72. The van der Waals surface area contributed by atoms with Crippen LogP contribution in [-0.4, -0.2) is 19.0 Å². The second kappa shape index (κ2) is 7.69. The van der Waals surface area contributed by atoms with E-state index >= 15 is 0 Å². The lowest BCUT2D eigenvalue weighted by Gasteiger charge is -2.18. The molecule has 2 aromatic carbocycles. The van der Waals surface area contributed by atoms with Crippen LogP contribution in [0.5, 0.6) is 0 Å². The van der Waals surface area contributed by atoms with Gasteiger partial charge in [0.1, 0.15) is 5.82 Å². The minimum Gasteiger partial charge on any atom is -0.316 e. The number of hydrogen-bond donors (Lipinski definition) is 1. The average Bonchev–Trinajstić information content (AvgIpc) is 2.45. The first kappa shape index (κ1) is 16.1. The van der Waals surface area contributed by atoms with Crippen molar-refractivity contribution >= 4 is 15.9 Å². The van der Waals surface area contributed by atoms with Crippen molar-refractivity contribution in [2.45, 2.75) is 19.6 Å². The second-order valence-electron chi connectivity index (χ2n) is 5.25. The van der Waals surface area contributed by atoms with Crippen LogP contribution in [0.15, 0.2) is 46.9 Å². The number of halogens is 2. The maximum atomic E-state index is 13.9. The summed E-state index contributed by atoms with van der Waals surface area (Å²) in [5.41, 5.74) is 3.06. The molecule has 2 aromatic rings. The highest BCUT2D eigenvalue weighted by Gasteiger charge is 2.07. The first-order valence-electron chi connectivity index (χ1n) is 6.93. The molecule has 2 rings (SSSR count). The van der Waals surface area contributed by atoms with Crippen LogP contribution >= 0.6 is 15.9 Å². The molecule has 0 atom stereocenters. The van der Waals surface area contributed by atoms with Gasteiger partial charge in [-0.2, -0.15) is 0 Å². The molecule has 0 saturated heterocycles. The number of rotatable bonds is 6. The minimum atomic E-state index is -0.141. The van der Waals surface area contributed by atoms with Gasteiger partial charge in [0, 0.05) is 29.7 Å². The normalized spacial score (nSPS) is 11.1. The molecule has 0 heterocycles. The van der Waals surface area contributed by atoms with Crippen LogP contribution in [0.25, 0.3) is 0 Å². The fourth-order valence-corrected chi connectivity index (χ4v) is 2.58. The number of hydrogen-bond acceptors (Lipinski definition) is 2. The maximum Gasteiger partial charge on any atom is 0.127 e. The summed E-state index contributed by atoms with van der Waals surface area (Å²) < 4.78 is 15.0. The Morgan fingerprint density at radius 3 is 2.38 bits per heavy atom. The molecule has 4 heteroatoms. The molecule has 0 bridgehead atoms. The summed E-state index contributed by atoms with van der Waals surface area (Å²) in [6.07, 6.45) is 0.